The predicted octanol–water partition coefficient (Wildman–Crippen LogP) is 3.15. The summed E-state index contributed by atoms with van der Waals surface area (Å²) in [6.07, 6.45) is 3.28. The molecular formula is C20H22N2O5. The number of pyridine rings is 1. The molecule has 1 saturated heterocycles. The fourth-order valence-corrected chi connectivity index (χ4v) is 2.84. The highest BCUT2D eigenvalue weighted by molar-refractivity contribution is 6.04. The number of anilines is 1. The molecule has 7 nitrogen and oxygen atoms in total. The summed E-state index contributed by atoms with van der Waals surface area (Å²) in [5, 5.41) is 11.8. The van der Waals surface area contributed by atoms with Crippen molar-refractivity contribution in [2.75, 3.05) is 25.1 Å². The van der Waals surface area contributed by atoms with Crippen LogP contribution in [0.5, 0.6) is 5.75 Å². The minimum atomic E-state index is -1.11. The molecule has 1 aliphatic rings. The molecule has 1 aromatic heterocycles. The minimum absolute atomic E-state index is 0.0135. The van der Waals surface area contributed by atoms with Crippen molar-refractivity contribution in [2.24, 2.45) is 5.92 Å². The van der Waals surface area contributed by atoms with E-state index in [0.29, 0.717) is 24.0 Å². The summed E-state index contributed by atoms with van der Waals surface area (Å²) in [4.78, 5) is 27.3. The Kier molecular flexibility index (Phi) is 6.03. The number of amides is 1. The fraction of sp³-hybridized carbons (Fsp3) is 0.350. The van der Waals surface area contributed by atoms with Gasteiger partial charge in [0.15, 0.2) is 0 Å². The van der Waals surface area contributed by atoms with Crippen LogP contribution in [-0.4, -0.2) is 41.8 Å². The van der Waals surface area contributed by atoms with Crippen molar-refractivity contribution in [1.29, 1.82) is 0 Å². The Hall–Kier alpha value is -2.93. The number of aromatic nitrogens is 1. The summed E-state index contributed by atoms with van der Waals surface area (Å²) in [5.74, 6) is -0.395. The highest BCUT2D eigenvalue weighted by Gasteiger charge is 2.16. The van der Waals surface area contributed by atoms with Crippen molar-refractivity contribution in [2.45, 2.75) is 19.8 Å². The van der Waals surface area contributed by atoms with Gasteiger partial charge in [-0.15, -0.1) is 0 Å². The molecule has 0 aliphatic carbocycles. The molecule has 3 rings (SSSR count). The molecule has 1 aliphatic heterocycles. The first kappa shape index (κ1) is 18.8. The van der Waals surface area contributed by atoms with Gasteiger partial charge in [0.25, 0.3) is 5.91 Å². The number of carbonyl (C=O) groups excluding carboxylic acids is 1. The average Bonchev–Trinajstić information content (AvgIpc) is 2.69. The molecule has 27 heavy (non-hydrogen) atoms. The Morgan fingerprint density at radius 2 is 2.04 bits per heavy atom. The molecule has 0 spiro atoms. The number of carboxylic acids is 1. The van der Waals surface area contributed by atoms with E-state index in [1.54, 1.807) is 12.1 Å². The lowest BCUT2D eigenvalue weighted by molar-refractivity contribution is 0.0496. The maximum absolute atomic E-state index is 12.4. The maximum Gasteiger partial charge on any atom is 0.335 e. The lowest BCUT2D eigenvalue weighted by Crippen LogP contribution is -2.21. The monoisotopic (exact) mass is 370 g/mol. The number of benzene rings is 1. The van der Waals surface area contributed by atoms with Gasteiger partial charge in [0.1, 0.15) is 11.4 Å². The molecule has 0 saturated carbocycles. The molecule has 2 N–H and O–H groups in total. The third kappa shape index (κ3) is 5.04. The van der Waals surface area contributed by atoms with E-state index in [1.165, 1.54) is 18.3 Å². The van der Waals surface area contributed by atoms with Gasteiger partial charge in [-0.1, -0.05) is 6.07 Å². The third-order valence-electron chi connectivity index (χ3n) is 4.50. The zero-order chi connectivity index (χ0) is 19.2. The smallest absolute Gasteiger partial charge is 0.335 e. The number of rotatable bonds is 6. The molecule has 142 valence electrons. The molecule has 1 fully saturated rings. The number of nitrogens with one attached hydrogen (secondary N) is 1. The van der Waals surface area contributed by atoms with Crippen molar-refractivity contribution in [3.63, 3.8) is 0 Å². The molecule has 0 bridgehead atoms. The highest BCUT2D eigenvalue weighted by atomic mass is 16.5. The number of carboxylic acid groups (broad SMARTS) is 1. The van der Waals surface area contributed by atoms with E-state index in [4.69, 9.17) is 14.6 Å². The Bertz CT molecular complexity index is 831. The van der Waals surface area contributed by atoms with Crippen molar-refractivity contribution in [3.8, 4) is 5.75 Å². The van der Waals surface area contributed by atoms with Gasteiger partial charge in [0.05, 0.1) is 12.2 Å². The van der Waals surface area contributed by atoms with Crippen molar-refractivity contribution in [1.82, 2.24) is 4.98 Å². The summed E-state index contributed by atoms with van der Waals surface area (Å²) < 4.78 is 11.3. The summed E-state index contributed by atoms with van der Waals surface area (Å²) in [6, 6.07) is 8.00. The minimum Gasteiger partial charge on any atom is -0.493 e. The van der Waals surface area contributed by atoms with Crippen LogP contribution in [0.1, 0.15) is 39.3 Å². The second-order valence-electron chi connectivity index (χ2n) is 6.54. The largest absolute Gasteiger partial charge is 0.493 e. The summed E-state index contributed by atoms with van der Waals surface area (Å²) in [5.41, 5.74) is 1.60. The molecule has 1 amide bonds. The van der Waals surface area contributed by atoms with Crippen LogP contribution in [0.15, 0.2) is 36.5 Å². The van der Waals surface area contributed by atoms with Crippen LogP contribution < -0.4 is 10.1 Å². The van der Waals surface area contributed by atoms with Crippen LogP contribution in [0.2, 0.25) is 0 Å². The fourth-order valence-electron chi connectivity index (χ4n) is 2.84. The number of hydrogen-bond donors (Lipinski definition) is 2. The first-order chi connectivity index (χ1) is 13.0. The average molecular weight is 370 g/mol. The molecule has 0 unspecified atom stereocenters. The Morgan fingerprint density at radius 3 is 2.78 bits per heavy atom. The maximum atomic E-state index is 12.4. The third-order valence-corrected chi connectivity index (χ3v) is 4.50. The van der Waals surface area contributed by atoms with Crippen LogP contribution >= 0.6 is 0 Å². The van der Waals surface area contributed by atoms with Crippen molar-refractivity contribution >= 4 is 17.6 Å². The van der Waals surface area contributed by atoms with E-state index in [-0.39, 0.29) is 11.3 Å². The van der Waals surface area contributed by atoms with E-state index in [0.717, 1.165) is 31.6 Å². The first-order valence-corrected chi connectivity index (χ1v) is 8.85. The number of hydrogen-bond acceptors (Lipinski definition) is 5. The molecule has 2 aromatic rings. The van der Waals surface area contributed by atoms with Crippen LogP contribution in [0.25, 0.3) is 0 Å². The Morgan fingerprint density at radius 1 is 1.26 bits per heavy atom. The van der Waals surface area contributed by atoms with Crippen LogP contribution in [0.4, 0.5) is 5.69 Å². The van der Waals surface area contributed by atoms with Gasteiger partial charge in [0.2, 0.25) is 0 Å². The predicted molar refractivity (Wildman–Crippen MR) is 99.4 cm³/mol. The molecular weight excluding hydrogens is 348 g/mol. The zero-order valence-corrected chi connectivity index (χ0v) is 15.1. The van der Waals surface area contributed by atoms with Gasteiger partial charge in [-0.05, 0) is 49.4 Å². The number of ether oxygens (including phenoxy) is 2. The summed E-state index contributed by atoms with van der Waals surface area (Å²) >= 11 is 0. The van der Waals surface area contributed by atoms with E-state index in [1.807, 2.05) is 13.0 Å². The van der Waals surface area contributed by atoms with Gasteiger partial charge < -0.3 is 19.9 Å². The second kappa shape index (κ2) is 8.64. The van der Waals surface area contributed by atoms with E-state index < -0.39 is 11.9 Å². The van der Waals surface area contributed by atoms with Crippen molar-refractivity contribution in [3.05, 3.63) is 53.3 Å². The molecule has 2 heterocycles. The molecule has 0 radical (unpaired) electrons. The molecule has 7 heteroatoms. The number of carbonyl (C=O) groups is 2. The van der Waals surface area contributed by atoms with E-state index in [2.05, 4.69) is 10.3 Å². The van der Waals surface area contributed by atoms with Gasteiger partial charge >= 0.3 is 5.97 Å². The van der Waals surface area contributed by atoms with Gasteiger partial charge in [-0.25, -0.2) is 4.79 Å². The van der Waals surface area contributed by atoms with Crippen molar-refractivity contribution < 1.29 is 24.2 Å². The van der Waals surface area contributed by atoms with Crippen LogP contribution in [0.3, 0.4) is 0 Å². The Labute approximate surface area is 157 Å². The molecule has 1 aromatic carbocycles. The van der Waals surface area contributed by atoms with Gasteiger partial charge in [-0.3, -0.25) is 9.78 Å². The zero-order valence-electron chi connectivity index (χ0n) is 15.1. The lowest BCUT2D eigenvalue weighted by Gasteiger charge is -2.22. The van der Waals surface area contributed by atoms with Gasteiger partial charge in [-0.2, -0.15) is 0 Å². The van der Waals surface area contributed by atoms with E-state index >= 15 is 0 Å². The number of aryl methyl sites for hydroxylation is 1. The summed E-state index contributed by atoms with van der Waals surface area (Å²) in [7, 11) is 0. The lowest BCUT2D eigenvalue weighted by atomic mass is 10.0. The van der Waals surface area contributed by atoms with Gasteiger partial charge in [0, 0.05) is 31.2 Å². The van der Waals surface area contributed by atoms with Crippen LogP contribution in [-0.2, 0) is 4.74 Å². The molecule has 0 atom stereocenters. The first-order valence-electron chi connectivity index (χ1n) is 8.85. The Balaban J connectivity index is 1.67. The number of nitrogens with zero attached hydrogens (tertiary/aromatic N) is 1. The van der Waals surface area contributed by atoms with E-state index in [9.17, 15) is 9.59 Å². The van der Waals surface area contributed by atoms with Crippen LogP contribution in [0, 0.1) is 12.8 Å². The second-order valence-corrected chi connectivity index (χ2v) is 6.54. The quantitative estimate of drug-likeness (QED) is 0.811. The normalized spacial score (nSPS) is 14.6. The summed E-state index contributed by atoms with van der Waals surface area (Å²) in [6.45, 7) is 4.10. The topological polar surface area (TPSA) is 97.8 Å². The highest BCUT2D eigenvalue weighted by Crippen LogP contribution is 2.25. The SMILES string of the molecule is Cc1ccc(NC(=O)c2cc(C(=O)O)ccn2)cc1OCC1CCOCC1. The standard InChI is InChI=1S/C20H22N2O5/c1-13-2-3-16(11-18(13)27-12-14-5-8-26-9-6-14)22-19(23)17-10-15(20(24)25)4-7-21-17/h2-4,7,10-11,14H,5-6,8-9,12H2,1H3,(H,22,23)(H,24,25). The number of aromatic carboxylic acids is 1.